The molecule has 1 atom stereocenters. The Morgan fingerprint density at radius 2 is 2.17 bits per heavy atom. The number of carbonyl (C=O) groups excluding carboxylic acids is 1. The number of thioether (sulfide) groups is 1. The fraction of sp³-hybridized carbons (Fsp3) is 0.143. The number of benzene rings is 1. The number of aromatic amines is 1. The van der Waals surface area contributed by atoms with E-state index in [0.29, 0.717) is 16.0 Å². The van der Waals surface area contributed by atoms with Crippen LogP contribution in [0.2, 0.25) is 0 Å². The van der Waals surface area contributed by atoms with E-state index in [2.05, 4.69) is 20.5 Å². The van der Waals surface area contributed by atoms with E-state index in [-0.39, 0.29) is 11.6 Å². The number of rotatable bonds is 5. The van der Waals surface area contributed by atoms with Crippen molar-refractivity contribution in [1.82, 2.24) is 19.7 Å². The summed E-state index contributed by atoms with van der Waals surface area (Å²) >= 11 is 2.55. The molecule has 0 saturated carbocycles. The lowest BCUT2D eigenvalue weighted by Crippen LogP contribution is -2.23. The van der Waals surface area contributed by atoms with Gasteiger partial charge in [0.15, 0.2) is 10.3 Å². The van der Waals surface area contributed by atoms with Crippen LogP contribution in [0.1, 0.15) is 6.92 Å². The van der Waals surface area contributed by atoms with E-state index in [1.165, 1.54) is 27.7 Å². The van der Waals surface area contributed by atoms with E-state index >= 15 is 0 Å². The Bertz CT molecular complexity index is 842. The van der Waals surface area contributed by atoms with Crippen LogP contribution < -0.4 is 11.0 Å². The first-order valence-electron chi connectivity index (χ1n) is 6.75. The second-order valence-corrected chi connectivity index (χ2v) is 6.77. The minimum absolute atomic E-state index is 0.194. The number of H-pyrrole nitrogens is 1. The number of para-hydroxylation sites is 1. The molecule has 23 heavy (non-hydrogen) atoms. The van der Waals surface area contributed by atoms with Gasteiger partial charge >= 0.3 is 5.69 Å². The minimum Gasteiger partial charge on any atom is -0.301 e. The van der Waals surface area contributed by atoms with Crippen LogP contribution >= 0.6 is 23.1 Å². The van der Waals surface area contributed by atoms with Gasteiger partial charge in [-0.15, -0.1) is 16.4 Å². The molecule has 1 unspecified atom stereocenters. The third-order valence-corrected chi connectivity index (χ3v) is 4.71. The summed E-state index contributed by atoms with van der Waals surface area (Å²) < 4.78 is 1.44. The van der Waals surface area contributed by atoms with E-state index in [1.54, 1.807) is 30.6 Å². The first-order valence-corrected chi connectivity index (χ1v) is 8.51. The zero-order chi connectivity index (χ0) is 16.2. The maximum atomic E-state index is 12.2. The molecule has 0 aliphatic heterocycles. The van der Waals surface area contributed by atoms with Gasteiger partial charge in [-0.05, 0) is 19.1 Å². The summed E-state index contributed by atoms with van der Waals surface area (Å²) in [6.07, 6.45) is 1.62. The molecule has 2 aromatic heterocycles. The molecule has 1 amide bonds. The van der Waals surface area contributed by atoms with Gasteiger partial charge in [-0.1, -0.05) is 30.0 Å². The van der Waals surface area contributed by atoms with Crippen molar-refractivity contribution in [2.24, 2.45) is 0 Å². The fourth-order valence-electron chi connectivity index (χ4n) is 1.87. The Morgan fingerprint density at radius 3 is 2.87 bits per heavy atom. The van der Waals surface area contributed by atoms with E-state index in [9.17, 15) is 9.59 Å². The average molecular weight is 347 g/mol. The largest absolute Gasteiger partial charge is 0.348 e. The van der Waals surface area contributed by atoms with Crippen LogP contribution in [0, 0.1) is 0 Å². The monoisotopic (exact) mass is 347 g/mol. The van der Waals surface area contributed by atoms with E-state index in [0.717, 1.165) is 0 Å². The first kappa shape index (κ1) is 15.5. The number of nitrogens with zero attached hydrogens (tertiary/aromatic N) is 3. The predicted octanol–water partition coefficient (Wildman–Crippen LogP) is 2.14. The van der Waals surface area contributed by atoms with Crippen molar-refractivity contribution in [2.75, 3.05) is 5.32 Å². The molecule has 2 N–H and O–H groups in total. The van der Waals surface area contributed by atoms with Gasteiger partial charge in [0, 0.05) is 11.6 Å². The minimum atomic E-state index is -0.434. The third-order valence-electron chi connectivity index (χ3n) is 2.97. The van der Waals surface area contributed by atoms with Gasteiger partial charge < -0.3 is 5.32 Å². The summed E-state index contributed by atoms with van der Waals surface area (Å²) in [7, 11) is 0. The Balaban J connectivity index is 1.78. The molecule has 3 rings (SSSR count). The molecule has 7 nitrogen and oxygen atoms in total. The molecule has 3 aromatic rings. The Labute approximate surface area is 139 Å². The maximum absolute atomic E-state index is 12.2. The van der Waals surface area contributed by atoms with Crippen LogP contribution in [0.3, 0.4) is 0 Å². The van der Waals surface area contributed by atoms with Crippen molar-refractivity contribution in [3.8, 4) is 5.69 Å². The summed E-state index contributed by atoms with van der Waals surface area (Å²) in [6.45, 7) is 1.75. The highest BCUT2D eigenvalue weighted by Gasteiger charge is 2.20. The van der Waals surface area contributed by atoms with Crippen LogP contribution in [0.4, 0.5) is 5.13 Å². The van der Waals surface area contributed by atoms with Crippen molar-refractivity contribution in [3.63, 3.8) is 0 Å². The summed E-state index contributed by atoms with van der Waals surface area (Å²) in [5.41, 5.74) is 0.354. The van der Waals surface area contributed by atoms with Crippen molar-refractivity contribution >= 4 is 34.1 Å². The lowest BCUT2D eigenvalue weighted by atomic mass is 10.3. The van der Waals surface area contributed by atoms with Crippen molar-refractivity contribution < 1.29 is 4.79 Å². The quantitative estimate of drug-likeness (QED) is 0.690. The smallest absolute Gasteiger partial charge is 0.301 e. The number of anilines is 1. The van der Waals surface area contributed by atoms with Crippen LogP contribution in [-0.4, -0.2) is 30.9 Å². The van der Waals surface area contributed by atoms with Gasteiger partial charge in [0.1, 0.15) is 0 Å². The van der Waals surface area contributed by atoms with Gasteiger partial charge in [-0.3, -0.25) is 4.79 Å². The molecule has 0 radical (unpaired) electrons. The molecule has 2 heterocycles. The number of hydrogen-bond donors (Lipinski definition) is 2. The lowest BCUT2D eigenvalue weighted by Gasteiger charge is -2.10. The third kappa shape index (κ3) is 3.51. The second-order valence-electron chi connectivity index (χ2n) is 4.57. The van der Waals surface area contributed by atoms with Gasteiger partial charge in [0.25, 0.3) is 0 Å². The standard InChI is InChI=1S/C14H13N5O2S2/c1-9(11(20)16-12-15-7-8-22-12)23-14-18-17-13(21)19(14)10-5-3-2-4-6-10/h2-9H,1H3,(H,17,21)(H,15,16,20). The maximum Gasteiger partial charge on any atom is 0.348 e. The van der Waals surface area contributed by atoms with Gasteiger partial charge in [-0.25, -0.2) is 19.4 Å². The molecular formula is C14H13N5O2S2. The van der Waals surface area contributed by atoms with E-state index in [1.807, 2.05) is 18.2 Å². The second kappa shape index (κ2) is 6.80. The molecule has 1 aromatic carbocycles. The topological polar surface area (TPSA) is 92.7 Å². The number of amides is 1. The van der Waals surface area contributed by atoms with Crippen molar-refractivity contribution in [3.05, 3.63) is 52.4 Å². The lowest BCUT2D eigenvalue weighted by molar-refractivity contribution is -0.115. The van der Waals surface area contributed by atoms with Crippen molar-refractivity contribution in [1.29, 1.82) is 0 Å². The normalized spacial score (nSPS) is 12.0. The molecule has 0 fully saturated rings. The zero-order valence-electron chi connectivity index (χ0n) is 12.1. The van der Waals surface area contributed by atoms with Crippen LogP contribution in [0.5, 0.6) is 0 Å². The van der Waals surface area contributed by atoms with Gasteiger partial charge in [0.2, 0.25) is 5.91 Å². The SMILES string of the molecule is CC(Sc1n[nH]c(=O)n1-c1ccccc1)C(=O)Nc1nccs1. The molecule has 118 valence electrons. The molecule has 0 saturated heterocycles. The summed E-state index contributed by atoms with van der Waals surface area (Å²) in [5.74, 6) is -0.194. The Kier molecular flexibility index (Phi) is 4.58. The molecule has 0 bridgehead atoms. The zero-order valence-corrected chi connectivity index (χ0v) is 13.7. The average Bonchev–Trinajstić information content (AvgIpc) is 3.18. The summed E-state index contributed by atoms with van der Waals surface area (Å²) in [4.78, 5) is 28.2. The Morgan fingerprint density at radius 1 is 1.39 bits per heavy atom. The molecule has 0 spiro atoms. The van der Waals surface area contributed by atoms with Gasteiger partial charge in [-0.2, -0.15) is 0 Å². The van der Waals surface area contributed by atoms with Crippen LogP contribution in [0.25, 0.3) is 5.69 Å². The summed E-state index contributed by atoms with van der Waals surface area (Å²) in [5, 5.41) is 11.5. The molecule has 9 heteroatoms. The highest BCUT2D eigenvalue weighted by atomic mass is 32.2. The number of aromatic nitrogens is 4. The Hall–Kier alpha value is -2.39. The molecular weight excluding hydrogens is 334 g/mol. The first-order chi connectivity index (χ1) is 11.1. The van der Waals surface area contributed by atoms with Crippen molar-refractivity contribution in [2.45, 2.75) is 17.3 Å². The number of nitrogens with one attached hydrogen (secondary N) is 2. The molecule has 0 aliphatic carbocycles. The number of thiazole rings is 1. The van der Waals surface area contributed by atoms with E-state index < -0.39 is 5.25 Å². The highest BCUT2D eigenvalue weighted by Crippen LogP contribution is 2.23. The number of carbonyl (C=O) groups is 1. The van der Waals surface area contributed by atoms with Crippen LogP contribution in [-0.2, 0) is 4.79 Å². The van der Waals surface area contributed by atoms with Crippen LogP contribution in [0.15, 0.2) is 51.9 Å². The number of hydrogen-bond acceptors (Lipinski definition) is 6. The fourth-order valence-corrected chi connectivity index (χ4v) is 3.28. The summed E-state index contributed by atoms with van der Waals surface area (Å²) in [6, 6.07) is 9.15. The van der Waals surface area contributed by atoms with Gasteiger partial charge in [0.05, 0.1) is 10.9 Å². The molecule has 0 aliphatic rings. The predicted molar refractivity (Wildman–Crippen MR) is 90.2 cm³/mol. The van der Waals surface area contributed by atoms with E-state index in [4.69, 9.17) is 0 Å². The highest BCUT2D eigenvalue weighted by molar-refractivity contribution is 8.00.